The quantitative estimate of drug-likeness (QED) is 0.197. The van der Waals surface area contributed by atoms with E-state index in [0.29, 0.717) is 5.56 Å². The van der Waals surface area contributed by atoms with Crippen LogP contribution in [0.4, 0.5) is 5.69 Å². The van der Waals surface area contributed by atoms with Crippen molar-refractivity contribution in [2.24, 2.45) is 0 Å². The molecule has 1 aromatic heterocycles. The minimum absolute atomic E-state index is 0.104. The summed E-state index contributed by atoms with van der Waals surface area (Å²) in [5.74, 6) is 0.0256. The molecule has 0 fully saturated rings. The van der Waals surface area contributed by atoms with Crippen molar-refractivity contribution < 1.29 is 14.1 Å². The molecule has 0 bridgehead atoms. The Hall–Kier alpha value is -3.69. The molecule has 27 heavy (non-hydrogen) atoms. The normalized spacial score (nSPS) is 11.0. The van der Waals surface area contributed by atoms with Gasteiger partial charge in [-0.25, -0.2) is 0 Å². The Bertz CT molecular complexity index is 1090. The van der Waals surface area contributed by atoms with Gasteiger partial charge in [0.2, 0.25) is 5.78 Å². The van der Waals surface area contributed by atoms with Crippen LogP contribution < -0.4 is 0 Å². The van der Waals surface area contributed by atoms with Gasteiger partial charge in [0.1, 0.15) is 23.2 Å². The zero-order valence-corrected chi connectivity index (χ0v) is 14.5. The molecule has 0 saturated carbocycles. The Morgan fingerprint density at radius 1 is 1.15 bits per heavy atom. The van der Waals surface area contributed by atoms with Gasteiger partial charge in [-0.3, -0.25) is 14.9 Å². The Labute approximate surface area is 159 Å². The molecule has 1 heterocycles. The zero-order chi connectivity index (χ0) is 19.4. The topological polar surface area (TPSA) is 97.1 Å². The molecule has 132 valence electrons. The van der Waals surface area contributed by atoms with E-state index in [4.69, 9.17) is 16.0 Å². The number of nitro benzene ring substituents is 1. The second-order valence-corrected chi connectivity index (χ2v) is 5.92. The summed E-state index contributed by atoms with van der Waals surface area (Å²) in [6.45, 7) is 0. The first-order valence-corrected chi connectivity index (χ1v) is 8.13. The van der Waals surface area contributed by atoms with Gasteiger partial charge in [-0.15, -0.1) is 0 Å². The summed E-state index contributed by atoms with van der Waals surface area (Å²) < 4.78 is 5.59. The molecule has 0 saturated heterocycles. The number of furan rings is 1. The fraction of sp³-hybridized carbons (Fsp3) is 0. The van der Waals surface area contributed by atoms with E-state index in [0.717, 1.165) is 0 Å². The first-order chi connectivity index (χ1) is 13.0. The number of carbonyl (C=O) groups is 1. The van der Waals surface area contributed by atoms with Crippen molar-refractivity contribution in [3.05, 3.63) is 92.7 Å². The number of ketones is 1. The van der Waals surface area contributed by atoms with Gasteiger partial charge in [-0.1, -0.05) is 41.9 Å². The van der Waals surface area contributed by atoms with Crippen molar-refractivity contribution in [1.29, 1.82) is 5.26 Å². The number of allylic oxidation sites excluding steroid dienone is 1. The molecule has 0 spiro atoms. The van der Waals surface area contributed by atoms with Crippen molar-refractivity contribution >= 4 is 29.1 Å². The van der Waals surface area contributed by atoms with Gasteiger partial charge in [-0.05, 0) is 24.3 Å². The molecule has 0 atom stereocenters. The predicted octanol–water partition coefficient (Wildman–Crippen LogP) is 5.30. The minimum Gasteiger partial charge on any atom is -0.456 e. The van der Waals surface area contributed by atoms with E-state index >= 15 is 0 Å². The van der Waals surface area contributed by atoms with Crippen LogP contribution in [-0.4, -0.2) is 10.7 Å². The number of nitriles is 1. The van der Waals surface area contributed by atoms with Crippen molar-refractivity contribution in [1.82, 2.24) is 0 Å². The summed E-state index contributed by atoms with van der Waals surface area (Å²) in [5.41, 5.74) is 0.323. The van der Waals surface area contributed by atoms with E-state index in [-0.39, 0.29) is 33.4 Å². The average molecular weight is 379 g/mol. The molecule has 3 aromatic rings. The Morgan fingerprint density at radius 3 is 2.56 bits per heavy atom. The van der Waals surface area contributed by atoms with E-state index in [1.165, 1.54) is 36.4 Å². The van der Waals surface area contributed by atoms with Gasteiger partial charge in [0.15, 0.2) is 0 Å². The molecular formula is C20H11ClN2O4. The number of halogens is 1. The van der Waals surface area contributed by atoms with E-state index in [1.54, 1.807) is 30.3 Å². The van der Waals surface area contributed by atoms with Gasteiger partial charge in [0, 0.05) is 22.7 Å². The first kappa shape index (κ1) is 18.1. The molecule has 0 amide bonds. The molecule has 0 radical (unpaired) electrons. The Morgan fingerprint density at radius 2 is 1.89 bits per heavy atom. The fourth-order valence-electron chi connectivity index (χ4n) is 2.48. The first-order valence-electron chi connectivity index (χ1n) is 7.75. The highest BCUT2D eigenvalue weighted by molar-refractivity contribution is 6.30. The van der Waals surface area contributed by atoms with Gasteiger partial charge in [0.25, 0.3) is 5.69 Å². The number of benzene rings is 2. The van der Waals surface area contributed by atoms with Gasteiger partial charge in [0.05, 0.1) is 10.5 Å². The van der Waals surface area contributed by atoms with Gasteiger partial charge in [-0.2, -0.15) is 5.26 Å². The Balaban J connectivity index is 1.96. The maximum absolute atomic E-state index is 12.4. The molecule has 0 unspecified atom stereocenters. The monoisotopic (exact) mass is 378 g/mol. The third-order valence-corrected chi connectivity index (χ3v) is 3.97. The zero-order valence-electron chi connectivity index (χ0n) is 13.8. The number of nitrogens with zero attached hydrogens (tertiary/aromatic N) is 2. The number of rotatable bonds is 5. The number of Topliss-reactive ketones (excluding diaryl/α,β-unsaturated/α-hetero) is 1. The SMILES string of the molecule is N#C/C(=C\c1ccc(-c2ccc(Cl)cc2[N+](=O)[O-])o1)C(=O)c1ccccc1. The maximum atomic E-state index is 12.4. The lowest BCUT2D eigenvalue weighted by Crippen LogP contribution is -2.01. The Kier molecular flexibility index (Phi) is 5.15. The van der Waals surface area contributed by atoms with Crippen LogP contribution in [0.2, 0.25) is 5.02 Å². The second-order valence-electron chi connectivity index (χ2n) is 5.49. The second kappa shape index (κ2) is 7.68. The van der Waals surface area contributed by atoms with E-state index < -0.39 is 10.7 Å². The lowest BCUT2D eigenvalue weighted by Gasteiger charge is -2.00. The molecule has 0 N–H and O–H groups in total. The third-order valence-electron chi connectivity index (χ3n) is 3.74. The number of carbonyl (C=O) groups excluding carboxylic acids is 1. The van der Waals surface area contributed by atoms with Crippen LogP contribution in [0.5, 0.6) is 0 Å². The van der Waals surface area contributed by atoms with E-state index in [2.05, 4.69) is 0 Å². The average Bonchev–Trinajstić information content (AvgIpc) is 3.14. The smallest absolute Gasteiger partial charge is 0.281 e. The molecule has 0 aliphatic rings. The number of hydrogen-bond acceptors (Lipinski definition) is 5. The van der Waals surface area contributed by atoms with E-state index in [9.17, 15) is 20.2 Å². The largest absolute Gasteiger partial charge is 0.456 e. The highest BCUT2D eigenvalue weighted by atomic mass is 35.5. The van der Waals surface area contributed by atoms with Crippen molar-refractivity contribution in [3.8, 4) is 17.4 Å². The fourth-order valence-corrected chi connectivity index (χ4v) is 2.64. The molecule has 0 aliphatic heterocycles. The van der Waals surface area contributed by atoms with Crippen molar-refractivity contribution in [3.63, 3.8) is 0 Å². The van der Waals surface area contributed by atoms with Gasteiger partial charge < -0.3 is 4.42 Å². The maximum Gasteiger partial charge on any atom is 0.281 e. The van der Waals surface area contributed by atoms with Crippen LogP contribution in [0.3, 0.4) is 0 Å². The summed E-state index contributed by atoms with van der Waals surface area (Å²) >= 11 is 5.82. The third kappa shape index (κ3) is 3.94. The highest BCUT2D eigenvalue weighted by Gasteiger charge is 2.19. The lowest BCUT2D eigenvalue weighted by molar-refractivity contribution is -0.384. The number of hydrogen-bond donors (Lipinski definition) is 0. The molecule has 7 heteroatoms. The summed E-state index contributed by atoms with van der Waals surface area (Å²) in [7, 11) is 0. The predicted molar refractivity (Wildman–Crippen MR) is 100 cm³/mol. The lowest BCUT2D eigenvalue weighted by atomic mass is 10.0. The molecule has 2 aromatic carbocycles. The minimum atomic E-state index is -0.557. The van der Waals surface area contributed by atoms with Crippen LogP contribution in [0, 0.1) is 21.4 Å². The standard InChI is InChI=1S/C20H11ClN2O4/c21-15-6-8-17(18(11-15)23(25)26)19-9-7-16(27-19)10-14(12-22)20(24)13-4-2-1-3-5-13/h1-11H/b14-10+. The summed E-state index contributed by atoms with van der Waals surface area (Å²) in [6.07, 6.45) is 1.31. The molecule has 3 rings (SSSR count). The number of nitro groups is 1. The molecule has 6 nitrogen and oxygen atoms in total. The van der Waals surface area contributed by atoms with Crippen LogP contribution >= 0.6 is 11.6 Å². The van der Waals surface area contributed by atoms with Crippen LogP contribution in [0.15, 0.2) is 70.7 Å². The van der Waals surface area contributed by atoms with Crippen molar-refractivity contribution in [2.45, 2.75) is 0 Å². The summed E-state index contributed by atoms with van der Waals surface area (Å²) in [5, 5.41) is 20.8. The summed E-state index contributed by atoms with van der Waals surface area (Å²) in [6, 6.07) is 17.5. The van der Waals surface area contributed by atoms with E-state index in [1.807, 2.05) is 6.07 Å². The highest BCUT2D eigenvalue weighted by Crippen LogP contribution is 2.33. The summed E-state index contributed by atoms with van der Waals surface area (Å²) in [4.78, 5) is 23.1. The van der Waals surface area contributed by atoms with Crippen LogP contribution in [-0.2, 0) is 0 Å². The molecular weight excluding hydrogens is 368 g/mol. The van der Waals surface area contributed by atoms with Crippen LogP contribution in [0.25, 0.3) is 17.4 Å². The molecule has 0 aliphatic carbocycles. The van der Waals surface area contributed by atoms with Crippen LogP contribution in [0.1, 0.15) is 16.1 Å². The van der Waals surface area contributed by atoms with Crippen molar-refractivity contribution in [2.75, 3.05) is 0 Å². The van der Waals surface area contributed by atoms with Gasteiger partial charge >= 0.3 is 0 Å².